The zero-order chi connectivity index (χ0) is 19.3. The topological polar surface area (TPSA) is 72.5 Å². The van der Waals surface area contributed by atoms with Crippen molar-refractivity contribution in [2.45, 2.75) is 31.7 Å². The molecule has 29 heavy (non-hydrogen) atoms. The van der Waals surface area contributed by atoms with E-state index in [2.05, 4.69) is 40.6 Å². The number of ether oxygens (including phenoxy) is 1. The van der Waals surface area contributed by atoms with Gasteiger partial charge in [0.1, 0.15) is 10.8 Å². The van der Waals surface area contributed by atoms with Crippen molar-refractivity contribution in [3.05, 3.63) is 75.7 Å². The summed E-state index contributed by atoms with van der Waals surface area (Å²) in [7, 11) is 1.65. The van der Waals surface area contributed by atoms with Crippen LogP contribution in [0.3, 0.4) is 0 Å². The first-order valence-corrected chi connectivity index (χ1v) is 10.3. The number of nitrogens with one attached hydrogen (secondary N) is 1. The predicted molar refractivity (Wildman–Crippen MR) is 131 cm³/mol. The van der Waals surface area contributed by atoms with Crippen LogP contribution in [-0.4, -0.2) is 18.1 Å². The highest BCUT2D eigenvalue weighted by Crippen LogP contribution is 2.35. The number of rotatable bonds is 5. The lowest BCUT2D eigenvalue weighted by molar-refractivity contribution is 0.415. The number of aryl methyl sites for hydroxylation is 1. The van der Waals surface area contributed by atoms with Crippen molar-refractivity contribution in [3.8, 4) is 5.75 Å². The van der Waals surface area contributed by atoms with Crippen LogP contribution in [0.15, 0.2) is 59.6 Å². The molecule has 1 unspecified atom stereocenters. The molecule has 3 aromatic rings. The first-order chi connectivity index (χ1) is 13.7. The van der Waals surface area contributed by atoms with Crippen molar-refractivity contribution in [3.63, 3.8) is 0 Å². The molecule has 152 valence electrons. The Bertz CT molecular complexity index is 957. The molecule has 1 aliphatic carbocycles. The van der Waals surface area contributed by atoms with Gasteiger partial charge in [-0.15, -0.1) is 35.3 Å². The molecule has 1 atom stereocenters. The highest BCUT2D eigenvalue weighted by atomic mass is 127. The standard InChI is InChI=1S/C22H24N4OS.HI/c1-27-18-10-8-17(9-11-18)25-22(23)24-14-21-26-19-12-7-16(13-20(19)28-21)15-5-3-2-4-6-15;/h2-6,8-11,16H,7,12-14H2,1H3,(H3,23,24,25);1H. The second-order valence-corrected chi connectivity index (χ2v) is 8.05. The van der Waals surface area contributed by atoms with Crippen LogP contribution in [0.1, 0.15) is 33.5 Å². The number of hydrogen-bond acceptors (Lipinski definition) is 4. The molecular formula is C22H25IN4OS. The summed E-state index contributed by atoms with van der Waals surface area (Å²) in [6.45, 7) is 0.503. The molecular weight excluding hydrogens is 495 g/mol. The fourth-order valence-corrected chi connectivity index (χ4v) is 4.64. The van der Waals surface area contributed by atoms with Crippen molar-refractivity contribution in [2.75, 3.05) is 12.4 Å². The molecule has 0 saturated heterocycles. The van der Waals surface area contributed by atoms with Crippen molar-refractivity contribution in [1.82, 2.24) is 4.98 Å². The summed E-state index contributed by atoms with van der Waals surface area (Å²) in [6.07, 6.45) is 3.26. The lowest BCUT2D eigenvalue weighted by Gasteiger charge is -2.21. The van der Waals surface area contributed by atoms with Crippen LogP contribution in [0.2, 0.25) is 0 Å². The van der Waals surface area contributed by atoms with E-state index in [0.717, 1.165) is 35.7 Å². The average molecular weight is 520 g/mol. The minimum Gasteiger partial charge on any atom is -0.497 e. The third kappa shape index (κ3) is 5.48. The van der Waals surface area contributed by atoms with Gasteiger partial charge in [0.25, 0.3) is 0 Å². The van der Waals surface area contributed by atoms with Crippen LogP contribution in [0.25, 0.3) is 0 Å². The van der Waals surface area contributed by atoms with Gasteiger partial charge >= 0.3 is 0 Å². The predicted octanol–water partition coefficient (Wildman–Crippen LogP) is 4.97. The molecule has 0 bridgehead atoms. The molecule has 7 heteroatoms. The van der Waals surface area contributed by atoms with Crippen LogP contribution >= 0.6 is 35.3 Å². The van der Waals surface area contributed by atoms with Gasteiger partial charge in [-0.1, -0.05) is 30.3 Å². The lowest BCUT2D eigenvalue weighted by atomic mass is 9.85. The monoisotopic (exact) mass is 520 g/mol. The summed E-state index contributed by atoms with van der Waals surface area (Å²) >= 11 is 1.77. The van der Waals surface area contributed by atoms with Crippen LogP contribution in [0.4, 0.5) is 5.69 Å². The maximum Gasteiger partial charge on any atom is 0.193 e. The van der Waals surface area contributed by atoms with Crippen LogP contribution in [0.5, 0.6) is 5.75 Å². The molecule has 1 aromatic heterocycles. The third-order valence-electron chi connectivity index (χ3n) is 5.00. The average Bonchev–Trinajstić information content (AvgIpc) is 3.16. The summed E-state index contributed by atoms with van der Waals surface area (Å²) in [6, 6.07) is 18.4. The molecule has 3 N–H and O–H groups in total. The van der Waals surface area contributed by atoms with Gasteiger partial charge in [0.15, 0.2) is 5.96 Å². The number of methoxy groups -OCH3 is 1. The largest absolute Gasteiger partial charge is 0.497 e. The molecule has 1 aliphatic rings. The number of halogens is 1. The number of anilines is 1. The summed E-state index contributed by atoms with van der Waals surface area (Å²) < 4.78 is 5.16. The van der Waals surface area contributed by atoms with E-state index in [1.165, 1.54) is 16.1 Å². The summed E-state index contributed by atoms with van der Waals surface area (Å²) in [5.74, 6) is 1.79. The van der Waals surface area contributed by atoms with E-state index in [-0.39, 0.29) is 24.0 Å². The molecule has 5 nitrogen and oxygen atoms in total. The fourth-order valence-electron chi connectivity index (χ4n) is 3.52. The quantitative estimate of drug-likeness (QED) is 0.283. The molecule has 4 rings (SSSR count). The van der Waals surface area contributed by atoms with Gasteiger partial charge in [0, 0.05) is 10.6 Å². The fraction of sp³-hybridized carbons (Fsp3) is 0.273. The minimum atomic E-state index is 0. The van der Waals surface area contributed by atoms with Crippen molar-refractivity contribution >= 4 is 47.0 Å². The molecule has 0 aliphatic heterocycles. The van der Waals surface area contributed by atoms with Gasteiger partial charge in [-0.25, -0.2) is 9.98 Å². The number of aromatic nitrogens is 1. The third-order valence-corrected chi connectivity index (χ3v) is 6.11. The maximum atomic E-state index is 6.03. The van der Waals surface area contributed by atoms with Crippen molar-refractivity contribution < 1.29 is 4.74 Å². The van der Waals surface area contributed by atoms with Crippen LogP contribution in [-0.2, 0) is 19.4 Å². The first-order valence-electron chi connectivity index (χ1n) is 9.44. The molecule has 0 fully saturated rings. The minimum absolute atomic E-state index is 0. The Morgan fingerprint density at radius 2 is 1.97 bits per heavy atom. The van der Waals surface area contributed by atoms with Gasteiger partial charge in [-0.2, -0.15) is 0 Å². The highest BCUT2D eigenvalue weighted by molar-refractivity contribution is 14.0. The second kappa shape index (κ2) is 10.1. The van der Waals surface area contributed by atoms with E-state index < -0.39 is 0 Å². The molecule has 2 aromatic carbocycles. The number of thiazole rings is 1. The first kappa shape index (κ1) is 21.6. The zero-order valence-corrected chi connectivity index (χ0v) is 19.4. The van der Waals surface area contributed by atoms with Crippen LogP contribution < -0.4 is 15.8 Å². The number of hydrogen-bond donors (Lipinski definition) is 2. The van der Waals surface area contributed by atoms with Gasteiger partial charge < -0.3 is 15.8 Å². The molecule has 0 amide bonds. The smallest absolute Gasteiger partial charge is 0.193 e. The number of fused-ring (bicyclic) bond motifs is 1. The summed E-state index contributed by atoms with van der Waals surface area (Å²) in [5.41, 5.74) is 9.57. The molecule has 1 heterocycles. The number of guanidine groups is 1. The molecule has 0 spiro atoms. The van der Waals surface area contributed by atoms with Gasteiger partial charge in [0.05, 0.1) is 19.3 Å². The Kier molecular flexibility index (Phi) is 7.49. The second-order valence-electron chi connectivity index (χ2n) is 6.88. The number of nitrogens with two attached hydrogens (primary N) is 1. The van der Waals surface area contributed by atoms with Crippen molar-refractivity contribution in [2.24, 2.45) is 10.7 Å². The SMILES string of the molecule is COc1ccc(NC(N)=NCc2nc3c(s2)CC(c2ccccc2)CC3)cc1.I. The van der Waals surface area contributed by atoms with E-state index in [1.54, 1.807) is 18.4 Å². The maximum absolute atomic E-state index is 6.03. The Morgan fingerprint density at radius 3 is 2.69 bits per heavy atom. The summed E-state index contributed by atoms with van der Waals surface area (Å²) in [5, 5.41) is 4.13. The Hall–Kier alpha value is -2.13. The normalized spacial score (nSPS) is 15.9. The highest BCUT2D eigenvalue weighted by Gasteiger charge is 2.23. The van der Waals surface area contributed by atoms with E-state index in [0.29, 0.717) is 18.4 Å². The van der Waals surface area contributed by atoms with Crippen molar-refractivity contribution in [1.29, 1.82) is 0 Å². The number of benzene rings is 2. The van der Waals surface area contributed by atoms with E-state index in [9.17, 15) is 0 Å². The van der Waals surface area contributed by atoms with E-state index in [1.807, 2.05) is 24.3 Å². The lowest BCUT2D eigenvalue weighted by Crippen LogP contribution is -2.22. The summed E-state index contributed by atoms with van der Waals surface area (Å²) in [4.78, 5) is 10.6. The van der Waals surface area contributed by atoms with Gasteiger partial charge in [-0.3, -0.25) is 0 Å². The molecule has 0 radical (unpaired) electrons. The molecule has 0 saturated carbocycles. The van der Waals surface area contributed by atoms with E-state index in [4.69, 9.17) is 15.5 Å². The van der Waals surface area contributed by atoms with Crippen LogP contribution in [0, 0.1) is 0 Å². The van der Waals surface area contributed by atoms with Gasteiger partial charge in [-0.05, 0) is 55.0 Å². The number of aliphatic imine (C=N–C) groups is 1. The van der Waals surface area contributed by atoms with Gasteiger partial charge in [0.2, 0.25) is 0 Å². The Balaban J connectivity index is 0.00000240. The Labute approximate surface area is 192 Å². The number of nitrogens with zero attached hydrogens (tertiary/aromatic N) is 2. The zero-order valence-electron chi connectivity index (χ0n) is 16.3. The Morgan fingerprint density at radius 1 is 1.21 bits per heavy atom. The van der Waals surface area contributed by atoms with E-state index >= 15 is 0 Å².